The maximum Gasteiger partial charge on any atom is 0.269 e. The standard InChI is InChI=1S/C22H17FN4O5/c23-11-3-8-15-14(10-11)22(21(30)24-15)18-17(16-2-1-9-25(16)22)19(28)26(20(18)29)12-4-6-13(7-5-12)27(31)32/h3-8,10,16-18H,1-2,9H2,(H,24,30)/t16-,17+,18+,22-/m1/s1. The van der Waals surface area contributed by atoms with Gasteiger partial charge in [-0.3, -0.25) is 29.4 Å². The average molecular weight is 436 g/mol. The van der Waals surface area contributed by atoms with E-state index >= 15 is 0 Å². The first-order chi connectivity index (χ1) is 15.4. The molecule has 32 heavy (non-hydrogen) atoms. The Morgan fingerprint density at radius 1 is 1.09 bits per heavy atom. The van der Waals surface area contributed by atoms with Gasteiger partial charge < -0.3 is 5.32 Å². The molecule has 0 radical (unpaired) electrons. The Balaban J connectivity index is 1.51. The van der Waals surface area contributed by atoms with Crippen molar-refractivity contribution in [1.82, 2.24) is 4.90 Å². The summed E-state index contributed by atoms with van der Waals surface area (Å²) in [5.41, 5.74) is -0.570. The van der Waals surface area contributed by atoms with Crippen LogP contribution in [0.2, 0.25) is 0 Å². The van der Waals surface area contributed by atoms with Crippen LogP contribution in [0.1, 0.15) is 18.4 Å². The third-order valence-electron chi connectivity index (χ3n) is 7.27. The zero-order valence-electron chi connectivity index (χ0n) is 16.7. The molecule has 0 bridgehead atoms. The van der Waals surface area contributed by atoms with Crippen LogP contribution < -0.4 is 10.2 Å². The van der Waals surface area contributed by atoms with Crippen LogP contribution in [0.5, 0.6) is 0 Å². The summed E-state index contributed by atoms with van der Waals surface area (Å²) in [6.07, 6.45) is 1.40. The Labute approximate surface area is 180 Å². The number of fused-ring (bicyclic) bond motifs is 7. The van der Waals surface area contributed by atoms with Crippen molar-refractivity contribution in [3.63, 3.8) is 0 Å². The molecule has 10 heteroatoms. The number of halogens is 1. The Hall–Kier alpha value is -3.66. The van der Waals surface area contributed by atoms with Gasteiger partial charge in [-0.25, -0.2) is 9.29 Å². The number of hydrogen-bond donors (Lipinski definition) is 1. The smallest absolute Gasteiger partial charge is 0.269 e. The van der Waals surface area contributed by atoms with E-state index in [-0.39, 0.29) is 17.4 Å². The highest BCUT2D eigenvalue weighted by molar-refractivity contribution is 6.25. The number of carbonyl (C=O) groups excluding carboxylic acids is 3. The maximum absolute atomic E-state index is 14.3. The molecule has 4 atom stereocenters. The van der Waals surface area contributed by atoms with Crippen molar-refractivity contribution in [3.05, 3.63) is 64.0 Å². The normalized spacial score (nSPS) is 30.6. The van der Waals surface area contributed by atoms with E-state index in [0.717, 1.165) is 11.3 Å². The fourth-order valence-electron chi connectivity index (χ4n) is 6.15. The lowest BCUT2D eigenvalue weighted by Crippen LogP contribution is -2.54. The second-order valence-corrected chi connectivity index (χ2v) is 8.60. The highest BCUT2D eigenvalue weighted by Gasteiger charge is 2.74. The summed E-state index contributed by atoms with van der Waals surface area (Å²) >= 11 is 0. The van der Waals surface area contributed by atoms with Gasteiger partial charge in [0.1, 0.15) is 11.4 Å². The van der Waals surface area contributed by atoms with Gasteiger partial charge in [0.15, 0.2) is 0 Å². The van der Waals surface area contributed by atoms with Crippen molar-refractivity contribution in [3.8, 4) is 0 Å². The molecule has 9 nitrogen and oxygen atoms in total. The third-order valence-corrected chi connectivity index (χ3v) is 7.27. The van der Waals surface area contributed by atoms with E-state index in [4.69, 9.17) is 0 Å². The summed E-state index contributed by atoms with van der Waals surface area (Å²) in [6, 6.07) is 8.86. The Kier molecular flexibility index (Phi) is 3.69. The number of nitrogens with one attached hydrogen (secondary N) is 1. The first kappa shape index (κ1) is 19.1. The lowest BCUT2D eigenvalue weighted by molar-refractivity contribution is -0.384. The summed E-state index contributed by atoms with van der Waals surface area (Å²) in [5, 5.41) is 13.8. The summed E-state index contributed by atoms with van der Waals surface area (Å²) in [5.74, 6) is -3.68. The zero-order chi connectivity index (χ0) is 22.4. The fraction of sp³-hybridized carbons (Fsp3) is 0.318. The molecule has 2 aromatic carbocycles. The zero-order valence-corrected chi connectivity index (χ0v) is 16.7. The molecule has 1 N–H and O–H groups in total. The van der Waals surface area contributed by atoms with E-state index in [9.17, 15) is 28.9 Å². The maximum atomic E-state index is 14.3. The number of nitro benzene ring substituents is 1. The Morgan fingerprint density at radius 2 is 1.84 bits per heavy atom. The van der Waals surface area contributed by atoms with Gasteiger partial charge in [0.05, 0.1) is 22.4 Å². The molecule has 0 saturated carbocycles. The van der Waals surface area contributed by atoms with Gasteiger partial charge in [0.2, 0.25) is 17.7 Å². The van der Waals surface area contributed by atoms with Crippen molar-refractivity contribution in [1.29, 1.82) is 0 Å². The molecule has 4 aliphatic rings. The second kappa shape index (κ2) is 6.19. The van der Waals surface area contributed by atoms with Crippen LogP contribution in [-0.4, -0.2) is 40.1 Å². The van der Waals surface area contributed by atoms with Crippen LogP contribution in [0, 0.1) is 27.8 Å². The SMILES string of the molecule is O=C1[C@H]2[C@H]3CCCN3[C@@]3(C(=O)Nc4ccc(F)cc43)[C@@H]2C(=O)N1c1ccc([N+](=O)[O-])cc1. The molecular weight excluding hydrogens is 419 g/mol. The van der Waals surface area contributed by atoms with Crippen LogP contribution in [0.25, 0.3) is 0 Å². The minimum absolute atomic E-state index is 0.161. The number of hydrogen-bond acceptors (Lipinski definition) is 6. The molecule has 4 heterocycles. The highest BCUT2D eigenvalue weighted by atomic mass is 19.1. The molecule has 4 aliphatic heterocycles. The number of imide groups is 1. The van der Waals surface area contributed by atoms with Gasteiger partial charge in [-0.05, 0) is 49.7 Å². The number of nitrogens with zero attached hydrogens (tertiary/aromatic N) is 3. The molecule has 3 saturated heterocycles. The quantitative estimate of drug-likeness (QED) is 0.439. The van der Waals surface area contributed by atoms with Crippen molar-refractivity contribution in [2.24, 2.45) is 11.8 Å². The lowest BCUT2D eigenvalue weighted by atomic mass is 9.75. The third kappa shape index (κ3) is 2.12. The molecular formula is C22H17FN4O5. The molecule has 2 aromatic rings. The van der Waals surface area contributed by atoms with Crippen LogP contribution >= 0.6 is 0 Å². The molecule has 0 aromatic heterocycles. The van der Waals surface area contributed by atoms with Gasteiger partial charge >= 0.3 is 0 Å². The number of carbonyl (C=O) groups is 3. The number of nitro groups is 1. The summed E-state index contributed by atoms with van der Waals surface area (Å²) < 4.78 is 14.3. The first-order valence-corrected chi connectivity index (χ1v) is 10.4. The van der Waals surface area contributed by atoms with Gasteiger partial charge in [0, 0.05) is 29.4 Å². The minimum atomic E-state index is -1.45. The van der Waals surface area contributed by atoms with E-state index in [1.165, 1.54) is 42.5 Å². The molecule has 1 spiro atoms. The van der Waals surface area contributed by atoms with E-state index in [1.54, 1.807) is 0 Å². The monoisotopic (exact) mass is 436 g/mol. The fourth-order valence-corrected chi connectivity index (χ4v) is 6.15. The molecule has 0 aliphatic carbocycles. The van der Waals surface area contributed by atoms with E-state index < -0.39 is 45.8 Å². The van der Waals surface area contributed by atoms with Crippen LogP contribution in [0.4, 0.5) is 21.5 Å². The van der Waals surface area contributed by atoms with Crippen LogP contribution in [0.3, 0.4) is 0 Å². The minimum Gasteiger partial charge on any atom is -0.324 e. The van der Waals surface area contributed by atoms with E-state index in [2.05, 4.69) is 5.32 Å². The summed E-state index contributed by atoms with van der Waals surface area (Å²) in [6.45, 7) is 0.527. The molecule has 3 fully saturated rings. The summed E-state index contributed by atoms with van der Waals surface area (Å²) in [7, 11) is 0. The highest BCUT2D eigenvalue weighted by Crippen LogP contribution is 2.60. The topological polar surface area (TPSA) is 113 Å². The van der Waals surface area contributed by atoms with Crippen molar-refractivity contribution in [2.45, 2.75) is 24.4 Å². The summed E-state index contributed by atoms with van der Waals surface area (Å²) in [4.78, 5) is 54.0. The van der Waals surface area contributed by atoms with E-state index in [1.807, 2.05) is 4.90 Å². The van der Waals surface area contributed by atoms with Gasteiger partial charge in [-0.2, -0.15) is 0 Å². The van der Waals surface area contributed by atoms with Gasteiger partial charge in [0.25, 0.3) is 5.69 Å². The Morgan fingerprint density at radius 3 is 2.56 bits per heavy atom. The average Bonchev–Trinajstić information content (AvgIpc) is 3.47. The van der Waals surface area contributed by atoms with Gasteiger partial charge in [-0.1, -0.05) is 0 Å². The lowest BCUT2D eigenvalue weighted by Gasteiger charge is -2.36. The predicted molar refractivity (Wildman–Crippen MR) is 109 cm³/mol. The molecule has 3 amide bonds. The van der Waals surface area contributed by atoms with Gasteiger partial charge in [-0.15, -0.1) is 0 Å². The van der Waals surface area contributed by atoms with Crippen molar-refractivity contribution >= 4 is 34.8 Å². The molecule has 6 rings (SSSR count). The number of anilines is 2. The number of non-ortho nitro benzene ring substituents is 1. The predicted octanol–water partition coefficient (Wildman–Crippen LogP) is 2.17. The largest absolute Gasteiger partial charge is 0.324 e. The number of rotatable bonds is 2. The van der Waals surface area contributed by atoms with Crippen molar-refractivity contribution < 1.29 is 23.7 Å². The second-order valence-electron chi connectivity index (χ2n) is 8.60. The van der Waals surface area contributed by atoms with E-state index in [0.29, 0.717) is 24.2 Å². The van der Waals surface area contributed by atoms with Crippen LogP contribution in [-0.2, 0) is 19.9 Å². The first-order valence-electron chi connectivity index (χ1n) is 10.4. The molecule has 0 unspecified atom stereocenters. The molecule has 162 valence electrons. The number of amides is 3. The van der Waals surface area contributed by atoms with Crippen LogP contribution in [0.15, 0.2) is 42.5 Å². The van der Waals surface area contributed by atoms with Crippen molar-refractivity contribution in [2.75, 3.05) is 16.8 Å². The Bertz CT molecular complexity index is 1230. The number of benzene rings is 2.